The molecule has 1 aliphatic rings. The van der Waals surface area contributed by atoms with Crippen molar-refractivity contribution in [2.45, 2.75) is 38.3 Å². The number of hydrogen-bond acceptors (Lipinski definition) is 2. The van der Waals surface area contributed by atoms with Gasteiger partial charge in [-0.2, -0.15) is 5.10 Å². The Labute approximate surface area is 106 Å². The van der Waals surface area contributed by atoms with Crippen LogP contribution in [0.3, 0.4) is 0 Å². The summed E-state index contributed by atoms with van der Waals surface area (Å²) in [6, 6.07) is 0. The Balaban J connectivity index is 2.04. The summed E-state index contributed by atoms with van der Waals surface area (Å²) in [5.74, 6) is 0.671. The van der Waals surface area contributed by atoms with Gasteiger partial charge >= 0.3 is 0 Å². The first kappa shape index (κ1) is 12.2. The molecule has 0 amide bonds. The summed E-state index contributed by atoms with van der Waals surface area (Å²) in [5.41, 5.74) is 2.21. The molecular weight excluding hydrogens is 245 g/mol. The summed E-state index contributed by atoms with van der Waals surface area (Å²) >= 11 is 12.2. The molecule has 0 aromatic carbocycles. The van der Waals surface area contributed by atoms with Gasteiger partial charge in [-0.15, -0.1) is 11.6 Å². The molecule has 0 unspecified atom stereocenters. The van der Waals surface area contributed by atoms with E-state index >= 15 is 0 Å². The molecule has 1 aromatic rings. The average Bonchev–Trinajstić information content (AvgIpc) is 2.43. The second-order valence-corrected chi connectivity index (χ2v) is 5.22. The molecule has 1 saturated carbocycles. The third-order valence-electron chi connectivity index (χ3n) is 3.48. The fraction of sp³-hybridized carbons (Fsp3) is 0.727. The lowest BCUT2D eigenvalue weighted by Gasteiger charge is -2.41. The van der Waals surface area contributed by atoms with Gasteiger partial charge in [0, 0.05) is 30.6 Å². The molecule has 16 heavy (non-hydrogen) atoms. The van der Waals surface area contributed by atoms with Gasteiger partial charge in [-0.05, 0) is 26.2 Å². The monoisotopic (exact) mass is 261 g/mol. The Morgan fingerprint density at radius 1 is 1.50 bits per heavy atom. The topological polar surface area (TPSA) is 29.9 Å². The van der Waals surface area contributed by atoms with E-state index in [0.29, 0.717) is 11.0 Å². The van der Waals surface area contributed by atoms with Crippen LogP contribution in [0.1, 0.15) is 30.5 Å². The van der Waals surface area contributed by atoms with Crippen LogP contribution in [0.2, 0.25) is 5.15 Å². The number of aryl methyl sites for hydroxylation is 2. The van der Waals surface area contributed by atoms with Crippen LogP contribution in [0.5, 0.6) is 0 Å². The van der Waals surface area contributed by atoms with E-state index in [1.54, 1.807) is 4.68 Å². The van der Waals surface area contributed by atoms with Crippen molar-refractivity contribution in [1.29, 1.82) is 0 Å². The molecule has 0 atom stereocenters. The predicted octanol–water partition coefficient (Wildman–Crippen LogP) is 2.63. The highest BCUT2D eigenvalue weighted by Crippen LogP contribution is 2.33. The summed E-state index contributed by atoms with van der Waals surface area (Å²) in [4.78, 5) is 0. The highest BCUT2D eigenvalue weighted by Gasteiger charge is 2.35. The van der Waals surface area contributed by atoms with Gasteiger partial charge in [0.05, 0.1) is 5.69 Å². The van der Waals surface area contributed by atoms with Crippen LogP contribution in [0.15, 0.2) is 0 Å². The highest BCUT2D eigenvalue weighted by atomic mass is 35.5. The lowest BCUT2D eigenvalue weighted by Crippen LogP contribution is -2.52. The fourth-order valence-electron chi connectivity index (χ4n) is 2.11. The smallest absolute Gasteiger partial charge is 0.131 e. The highest BCUT2D eigenvalue weighted by molar-refractivity contribution is 6.30. The third kappa shape index (κ3) is 2.08. The van der Waals surface area contributed by atoms with Gasteiger partial charge in [-0.1, -0.05) is 11.6 Å². The Hall–Kier alpha value is -0.250. The zero-order valence-corrected chi connectivity index (χ0v) is 11.2. The van der Waals surface area contributed by atoms with Gasteiger partial charge in [0.25, 0.3) is 0 Å². The normalized spacial score (nSPS) is 18.5. The first-order valence-corrected chi connectivity index (χ1v) is 6.48. The van der Waals surface area contributed by atoms with Crippen molar-refractivity contribution in [3.63, 3.8) is 0 Å². The first-order chi connectivity index (χ1) is 7.58. The molecule has 90 valence electrons. The van der Waals surface area contributed by atoms with Gasteiger partial charge < -0.3 is 5.32 Å². The van der Waals surface area contributed by atoms with E-state index in [4.69, 9.17) is 23.2 Å². The molecule has 1 heterocycles. The van der Waals surface area contributed by atoms with Crippen LogP contribution >= 0.6 is 23.2 Å². The van der Waals surface area contributed by atoms with Crippen molar-refractivity contribution in [2.75, 3.05) is 5.88 Å². The molecule has 5 heteroatoms. The summed E-state index contributed by atoms with van der Waals surface area (Å²) in [6.45, 7) is 2.74. The van der Waals surface area contributed by atoms with E-state index in [1.807, 2.05) is 14.0 Å². The lowest BCUT2D eigenvalue weighted by molar-refractivity contribution is 0.211. The van der Waals surface area contributed by atoms with Crippen molar-refractivity contribution in [3.05, 3.63) is 16.4 Å². The number of nitrogens with one attached hydrogen (secondary N) is 1. The maximum atomic E-state index is 6.17. The van der Waals surface area contributed by atoms with Gasteiger partial charge in [0.2, 0.25) is 0 Å². The predicted molar refractivity (Wildman–Crippen MR) is 67.1 cm³/mol. The van der Waals surface area contributed by atoms with E-state index in [0.717, 1.165) is 30.6 Å². The standard InChI is InChI=1S/C11H17Cl2N3/c1-8-9(10(13)16(2)15-8)6-14-11(7-12)4-3-5-11/h14H,3-7H2,1-2H3. The third-order valence-corrected chi connectivity index (χ3v) is 4.46. The molecule has 1 aromatic heterocycles. The van der Waals surface area contributed by atoms with E-state index < -0.39 is 0 Å². The van der Waals surface area contributed by atoms with E-state index in [9.17, 15) is 0 Å². The van der Waals surface area contributed by atoms with Crippen LogP contribution in [-0.2, 0) is 13.6 Å². The molecule has 0 saturated heterocycles. The van der Waals surface area contributed by atoms with Crippen molar-refractivity contribution < 1.29 is 0 Å². The van der Waals surface area contributed by atoms with Gasteiger partial charge in [-0.3, -0.25) is 4.68 Å². The minimum atomic E-state index is 0.132. The SMILES string of the molecule is Cc1nn(C)c(Cl)c1CNC1(CCl)CCC1. The van der Waals surface area contributed by atoms with Crippen molar-refractivity contribution in [3.8, 4) is 0 Å². The maximum absolute atomic E-state index is 6.17. The van der Waals surface area contributed by atoms with Gasteiger partial charge in [0.15, 0.2) is 0 Å². The number of halogens is 2. The number of rotatable bonds is 4. The van der Waals surface area contributed by atoms with Crippen LogP contribution in [0.4, 0.5) is 0 Å². The molecule has 1 N–H and O–H groups in total. The molecule has 2 rings (SSSR count). The zero-order chi connectivity index (χ0) is 11.8. The Kier molecular flexibility index (Phi) is 3.48. The average molecular weight is 262 g/mol. The minimum Gasteiger partial charge on any atom is -0.306 e. The second kappa shape index (κ2) is 4.55. The Bertz CT molecular complexity index is 377. The quantitative estimate of drug-likeness (QED) is 0.845. The van der Waals surface area contributed by atoms with Crippen LogP contribution in [0, 0.1) is 6.92 Å². The van der Waals surface area contributed by atoms with E-state index in [-0.39, 0.29) is 5.54 Å². The lowest BCUT2D eigenvalue weighted by atomic mass is 9.78. The molecule has 0 bridgehead atoms. The zero-order valence-electron chi connectivity index (χ0n) is 9.69. The largest absolute Gasteiger partial charge is 0.306 e. The van der Waals surface area contributed by atoms with E-state index in [1.165, 1.54) is 6.42 Å². The molecule has 0 spiro atoms. The molecule has 1 aliphatic carbocycles. The first-order valence-electron chi connectivity index (χ1n) is 5.57. The molecular formula is C11H17Cl2N3. The van der Waals surface area contributed by atoms with Gasteiger partial charge in [0.1, 0.15) is 5.15 Å². The number of nitrogens with zero attached hydrogens (tertiary/aromatic N) is 2. The van der Waals surface area contributed by atoms with Crippen molar-refractivity contribution >= 4 is 23.2 Å². The molecule has 3 nitrogen and oxygen atoms in total. The number of hydrogen-bond donors (Lipinski definition) is 1. The summed E-state index contributed by atoms with van der Waals surface area (Å²) in [6.07, 6.45) is 3.58. The Morgan fingerprint density at radius 2 is 2.19 bits per heavy atom. The van der Waals surface area contributed by atoms with Gasteiger partial charge in [-0.25, -0.2) is 0 Å². The van der Waals surface area contributed by atoms with Crippen LogP contribution < -0.4 is 5.32 Å². The number of aromatic nitrogens is 2. The fourth-order valence-corrected chi connectivity index (χ4v) is 2.71. The number of alkyl halides is 1. The maximum Gasteiger partial charge on any atom is 0.131 e. The van der Waals surface area contributed by atoms with E-state index in [2.05, 4.69) is 10.4 Å². The summed E-state index contributed by atoms with van der Waals surface area (Å²) < 4.78 is 1.71. The second-order valence-electron chi connectivity index (χ2n) is 4.60. The molecule has 1 fully saturated rings. The van der Waals surface area contributed by atoms with Crippen LogP contribution in [-0.4, -0.2) is 21.2 Å². The van der Waals surface area contributed by atoms with Crippen molar-refractivity contribution in [1.82, 2.24) is 15.1 Å². The van der Waals surface area contributed by atoms with Crippen molar-refractivity contribution in [2.24, 2.45) is 7.05 Å². The Morgan fingerprint density at radius 3 is 2.56 bits per heavy atom. The summed E-state index contributed by atoms with van der Waals surface area (Å²) in [7, 11) is 1.86. The summed E-state index contributed by atoms with van der Waals surface area (Å²) in [5, 5.41) is 8.53. The molecule has 0 radical (unpaired) electrons. The van der Waals surface area contributed by atoms with Crippen LogP contribution in [0.25, 0.3) is 0 Å². The molecule has 0 aliphatic heterocycles. The minimum absolute atomic E-state index is 0.132.